The van der Waals surface area contributed by atoms with Gasteiger partial charge in [0.25, 0.3) is 0 Å². The number of halogens is 1. The third kappa shape index (κ3) is 1.99. The maximum absolute atomic E-state index is 5.44. The van der Waals surface area contributed by atoms with Gasteiger partial charge in [0.05, 0.1) is 11.9 Å². The standard InChI is InChI=1S/C4H8N4.ClH/c1-3(5)4-2-6-8-7-4;/h2-3H,5H2,1H3,(H,6,7,8);1H/t3-;/m0./s1. The van der Waals surface area contributed by atoms with Crippen molar-refractivity contribution in [2.24, 2.45) is 5.73 Å². The molecular formula is C4H9ClN4. The van der Waals surface area contributed by atoms with E-state index in [0.717, 1.165) is 5.69 Å². The number of H-pyrrole nitrogens is 1. The van der Waals surface area contributed by atoms with Gasteiger partial charge in [-0.15, -0.1) is 12.4 Å². The van der Waals surface area contributed by atoms with Crippen LogP contribution in [0, 0.1) is 0 Å². The first-order chi connectivity index (χ1) is 3.80. The minimum absolute atomic E-state index is 0. The van der Waals surface area contributed by atoms with Gasteiger partial charge in [-0.25, -0.2) is 0 Å². The highest BCUT2D eigenvalue weighted by Crippen LogP contribution is 1.99. The predicted molar refractivity (Wildman–Crippen MR) is 36.2 cm³/mol. The molecule has 1 aromatic rings. The van der Waals surface area contributed by atoms with Crippen LogP contribution in [-0.4, -0.2) is 15.4 Å². The molecule has 0 aliphatic heterocycles. The highest BCUT2D eigenvalue weighted by atomic mass is 35.5. The van der Waals surface area contributed by atoms with Gasteiger partial charge in [-0.1, -0.05) is 0 Å². The fourth-order valence-corrected chi connectivity index (χ4v) is 0.430. The molecule has 0 radical (unpaired) electrons. The third-order valence-electron chi connectivity index (χ3n) is 0.900. The molecule has 0 unspecified atom stereocenters. The predicted octanol–water partition coefficient (Wildman–Crippen LogP) is 0.246. The van der Waals surface area contributed by atoms with Crippen molar-refractivity contribution in [3.63, 3.8) is 0 Å². The molecule has 3 N–H and O–H groups in total. The van der Waals surface area contributed by atoms with Crippen LogP contribution in [0.5, 0.6) is 0 Å². The van der Waals surface area contributed by atoms with E-state index < -0.39 is 0 Å². The maximum atomic E-state index is 5.44. The second kappa shape index (κ2) is 3.42. The summed E-state index contributed by atoms with van der Waals surface area (Å²) in [6.45, 7) is 1.86. The molecule has 5 heteroatoms. The molecule has 0 spiro atoms. The molecular weight excluding hydrogens is 140 g/mol. The number of nitrogens with zero attached hydrogens (tertiary/aromatic N) is 2. The highest BCUT2D eigenvalue weighted by molar-refractivity contribution is 5.85. The number of rotatable bonds is 1. The Morgan fingerprint density at radius 3 is 2.67 bits per heavy atom. The summed E-state index contributed by atoms with van der Waals surface area (Å²) in [5, 5.41) is 9.81. The summed E-state index contributed by atoms with van der Waals surface area (Å²) in [4.78, 5) is 0. The number of aromatic amines is 1. The van der Waals surface area contributed by atoms with E-state index in [1.54, 1.807) is 6.20 Å². The van der Waals surface area contributed by atoms with E-state index in [1.165, 1.54) is 0 Å². The van der Waals surface area contributed by atoms with Gasteiger partial charge in [-0.05, 0) is 6.92 Å². The molecule has 0 aliphatic rings. The summed E-state index contributed by atoms with van der Waals surface area (Å²) >= 11 is 0. The molecule has 1 heterocycles. The van der Waals surface area contributed by atoms with Crippen molar-refractivity contribution in [3.8, 4) is 0 Å². The number of hydrogen-bond acceptors (Lipinski definition) is 3. The number of nitrogens with two attached hydrogens (primary N) is 1. The molecule has 0 aromatic carbocycles. The van der Waals surface area contributed by atoms with Gasteiger partial charge in [0.2, 0.25) is 0 Å². The van der Waals surface area contributed by atoms with Crippen LogP contribution in [0.3, 0.4) is 0 Å². The number of aromatic nitrogens is 3. The zero-order chi connectivity index (χ0) is 5.98. The molecule has 0 saturated heterocycles. The average molecular weight is 149 g/mol. The van der Waals surface area contributed by atoms with E-state index >= 15 is 0 Å². The molecule has 0 bridgehead atoms. The van der Waals surface area contributed by atoms with Gasteiger partial charge in [-0.3, -0.25) is 0 Å². The van der Waals surface area contributed by atoms with Crippen molar-refractivity contribution in [2.45, 2.75) is 13.0 Å². The molecule has 9 heavy (non-hydrogen) atoms. The fourth-order valence-electron chi connectivity index (χ4n) is 0.430. The van der Waals surface area contributed by atoms with Crippen LogP contribution in [0.25, 0.3) is 0 Å². The zero-order valence-corrected chi connectivity index (χ0v) is 5.85. The van der Waals surface area contributed by atoms with Crippen LogP contribution in [0.1, 0.15) is 18.7 Å². The van der Waals surface area contributed by atoms with Crippen LogP contribution in [-0.2, 0) is 0 Å². The van der Waals surface area contributed by atoms with Gasteiger partial charge >= 0.3 is 0 Å². The van der Waals surface area contributed by atoms with Crippen molar-refractivity contribution >= 4 is 12.4 Å². The second-order valence-electron chi connectivity index (χ2n) is 1.68. The second-order valence-corrected chi connectivity index (χ2v) is 1.68. The van der Waals surface area contributed by atoms with E-state index in [2.05, 4.69) is 15.4 Å². The Labute approximate surface area is 59.2 Å². The normalized spacial score (nSPS) is 12.2. The lowest BCUT2D eigenvalue weighted by Crippen LogP contribution is -2.04. The van der Waals surface area contributed by atoms with Crippen molar-refractivity contribution in [1.82, 2.24) is 15.4 Å². The number of nitrogens with one attached hydrogen (secondary N) is 1. The van der Waals surface area contributed by atoms with Crippen molar-refractivity contribution in [2.75, 3.05) is 0 Å². The van der Waals surface area contributed by atoms with E-state index in [4.69, 9.17) is 5.73 Å². The van der Waals surface area contributed by atoms with Crippen molar-refractivity contribution < 1.29 is 0 Å². The summed E-state index contributed by atoms with van der Waals surface area (Å²) < 4.78 is 0. The maximum Gasteiger partial charge on any atom is 0.0988 e. The summed E-state index contributed by atoms with van der Waals surface area (Å²) in [7, 11) is 0. The summed E-state index contributed by atoms with van der Waals surface area (Å²) in [5.41, 5.74) is 6.23. The van der Waals surface area contributed by atoms with Crippen LogP contribution in [0.15, 0.2) is 6.20 Å². The Kier molecular flexibility index (Phi) is 3.19. The Balaban J connectivity index is 0.000000640. The van der Waals surface area contributed by atoms with Gasteiger partial charge in [-0.2, -0.15) is 15.4 Å². The third-order valence-corrected chi connectivity index (χ3v) is 0.900. The fraction of sp³-hybridized carbons (Fsp3) is 0.500. The number of hydrogen-bond donors (Lipinski definition) is 2. The summed E-state index contributed by atoms with van der Waals surface area (Å²) in [6, 6.07) is -0.0197. The monoisotopic (exact) mass is 148 g/mol. The lowest BCUT2D eigenvalue weighted by Gasteiger charge is -1.93. The molecule has 52 valence electrons. The molecule has 0 aliphatic carbocycles. The topological polar surface area (TPSA) is 67.6 Å². The lowest BCUT2D eigenvalue weighted by molar-refractivity contribution is 0.769. The van der Waals surface area contributed by atoms with Gasteiger partial charge in [0.15, 0.2) is 0 Å². The first-order valence-electron chi connectivity index (χ1n) is 2.42. The van der Waals surface area contributed by atoms with E-state index in [-0.39, 0.29) is 18.4 Å². The van der Waals surface area contributed by atoms with E-state index in [0.29, 0.717) is 0 Å². The van der Waals surface area contributed by atoms with Crippen LogP contribution < -0.4 is 5.73 Å². The van der Waals surface area contributed by atoms with Crippen molar-refractivity contribution in [1.29, 1.82) is 0 Å². The Bertz CT molecular complexity index is 148. The summed E-state index contributed by atoms with van der Waals surface area (Å²) in [5.74, 6) is 0. The average Bonchev–Trinajstić information content (AvgIpc) is 2.12. The lowest BCUT2D eigenvalue weighted by atomic mass is 10.3. The summed E-state index contributed by atoms with van der Waals surface area (Å²) in [6.07, 6.45) is 1.62. The van der Waals surface area contributed by atoms with E-state index in [1.807, 2.05) is 6.92 Å². The Hall–Kier alpha value is -0.610. The molecule has 0 amide bonds. The van der Waals surface area contributed by atoms with E-state index in [9.17, 15) is 0 Å². The van der Waals surface area contributed by atoms with Crippen LogP contribution in [0.2, 0.25) is 0 Å². The Morgan fingerprint density at radius 1 is 1.78 bits per heavy atom. The van der Waals surface area contributed by atoms with Gasteiger partial charge < -0.3 is 5.73 Å². The zero-order valence-electron chi connectivity index (χ0n) is 5.03. The molecule has 0 saturated carbocycles. The largest absolute Gasteiger partial charge is 0.323 e. The minimum Gasteiger partial charge on any atom is -0.323 e. The molecule has 1 rings (SSSR count). The smallest absolute Gasteiger partial charge is 0.0988 e. The SMILES string of the molecule is C[C@H](N)c1cn[nH]n1.Cl. The molecule has 1 atom stereocenters. The quantitative estimate of drug-likeness (QED) is 0.600. The van der Waals surface area contributed by atoms with Crippen LogP contribution in [0.4, 0.5) is 0 Å². The molecule has 0 fully saturated rings. The first-order valence-corrected chi connectivity index (χ1v) is 2.42. The highest BCUT2D eigenvalue weighted by Gasteiger charge is 1.98. The van der Waals surface area contributed by atoms with Crippen LogP contribution >= 0.6 is 12.4 Å². The Morgan fingerprint density at radius 2 is 2.44 bits per heavy atom. The van der Waals surface area contributed by atoms with Gasteiger partial charge in [0, 0.05) is 6.04 Å². The molecule has 4 nitrogen and oxygen atoms in total. The first kappa shape index (κ1) is 8.39. The van der Waals surface area contributed by atoms with Crippen molar-refractivity contribution in [3.05, 3.63) is 11.9 Å². The molecule has 1 aromatic heterocycles. The van der Waals surface area contributed by atoms with Gasteiger partial charge in [0.1, 0.15) is 0 Å². The minimum atomic E-state index is -0.0197.